The van der Waals surface area contributed by atoms with Crippen LogP contribution in [0.15, 0.2) is 42.5 Å². The molecule has 0 aliphatic carbocycles. The summed E-state index contributed by atoms with van der Waals surface area (Å²) in [5, 5.41) is 0.955. The highest BCUT2D eigenvalue weighted by Gasteiger charge is 2.24. The van der Waals surface area contributed by atoms with Gasteiger partial charge in [-0.2, -0.15) is 0 Å². The van der Waals surface area contributed by atoms with E-state index in [1.54, 1.807) is 29.2 Å². The lowest BCUT2D eigenvalue weighted by atomic mass is 10.1. The molecule has 0 bridgehead atoms. The number of hydrogen-bond acceptors (Lipinski definition) is 3. The molecule has 1 N–H and O–H groups in total. The van der Waals surface area contributed by atoms with Gasteiger partial charge in [0.15, 0.2) is 0 Å². The number of benzene rings is 2. The van der Waals surface area contributed by atoms with Gasteiger partial charge in [0.1, 0.15) is 5.82 Å². The Kier molecular flexibility index (Phi) is 5.16. The lowest BCUT2D eigenvalue weighted by Crippen LogP contribution is -2.41. The van der Waals surface area contributed by atoms with Crippen LogP contribution in [0.5, 0.6) is 0 Å². The number of carbonyl (C=O) groups is 1. The minimum atomic E-state index is -0.131. The minimum absolute atomic E-state index is 0.131. The minimum Gasteiger partial charge on any atom is -0.378 e. The number of morpholine rings is 1. The third-order valence-corrected chi connectivity index (χ3v) is 5.12. The average Bonchev–Trinajstić information content (AvgIpc) is 3.12. The van der Waals surface area contributed by atoms with Gasteiger partial charge in [-0.15, -0.1) is 0 Å². The second-order valence-corrected chi connectivity index (χ2v) is 7.01. The fourth-order valence-corrected chi connectivity index (χ4v) is 3.55. The number of carbonyl (C=O) groups excluding carboxylic acids is 1. The van der Waals surface area contributed by atoms with Gasteiger partial charge in [0.25, 0.3) is 5.91 Å². The molecule has 1 saturated heterocycles. The molecule has 1 amide bonds. The van der Waals surface area contributed by atoms with Crippen LogP contribution in [0.4, 0.5) is 0 Å². The van der Waals surface area contributed by atoms with Gasteiger partial charge in [0, 0.05) is 28.7 Å². The SMILES string of the molecule is O=C(/C(=C/c1c(Cl)cccc1Cl)c1nc2ccccc2[nH]1)N1CCOCC1. The van der Waals surface area contributed by atoms with Crippen LogP contribution >= 0.6 is 23.2 Å². The third-order valence-electron chi connectivity index (χ3n) is 4.46. The number of fused-ring (bicyclic) bond motifs is 1. The molecular weight excluding hydrogens is 385 g/mol. The topological polar surface area (TPSA) is 58.2 Å². The highest BCUT2D eigenvalue weighted by molar-refractivity contribution is 6.38. The van der Waals surface area contributed by atoms with E-state index < -0.39 is 0 Å². The van der Waals surface area contributed by atoms with Gasteiger partial charge in [-0.3, -0.25) is 4.79 Å². The number of para-hydroxylation sites is 2. The van der Waals surface area contributed by atoms with Crippen molar-refractivity contribution in [3.05, 3.63) is 63.9 Å². The molecule has 1 aliphatic heterocycles. The van der Waals surface area contributed by atoms with Crippen LogP contribution in [0.3, 0.4) is 0 Å². The molecule has 0 radical (unpaired) electrons. The second-order valence-electron chi connectivity index (χ2n) is 6.20. The molecule has 2 aromatic carbocycles. The molecule has 3 aromatic rings. The summed E-state index contributed by atoms with van der Waals surface area (Å²) in [6.07, 6.45) is 1.71. The van der Waals surface area contributed by atoms with Crippen molar-refractivity contribution >= 4 is 51.8 Å². The molecule has 27 heavy (non-hydrogen) atoms. The van der Waals surface area contributed by atoms with E-state index in [9.17, 15) is 4.79 Å². The van der Waals surface area contributed by atoms with Crippen LogP contribution in [-0.2, 0) is 9.53 Å². The number of aromatic amines is 1. The molecule has 1 aliphatic rings. The van der Waals surface area contributed by atoms with Gasteiger partial charge < -0.3 is 14.6 Å². The van der Waals surface area contributed by atoms with Crippen LogP contribution in [-0.4, -0.2) is 47.1 Å². The van der Waals surface area contributed by atoms with Gasteiger partial charge in [-0.05, 0) is 30.3 Å². The van der Waals surface area contributed by atoms with Crippen LogP contribution < -0.4 is 0 Å². The maximum Gasteiger partial charge on any atom is 0.257 e. The van der Waals surface area contributed by atoms with Crippen LogP contribution in [0.2, 0.25) is 10.0 Å². The summed E-state index contributed by atoms with van der Waals surface area (Å²) in [5.74, 6) is 0.358. The largest absolute Gasteiger partial charge is 0.378 e. The summed E-state index contributed by atoms with van der Waals surface area (Å²) in [4.78, 5) is 22.8. The van der Waals surface area contributed by atoms with Crippen molar-refractivity contribution < 1.29 is 9.53 Å². The number of aromatic nitrogens is 2. The number of halogens is 2. The first kappa shape index (κ1) is 18.0. The smallest absolute Gasteiger partial charge is 0.257 e. The molecule has 0 saturated carbocycles. The normalized spacial score (nSPS) is 15.3. The summed E-state index contributed by atoms with van der Waals surface area (Å²) in [7, 11) is 0. The Bertz CT molecular complexity index is 970. The summed E-state index contributed by atoms with van der Waals surface area (Å²) in [6, 6.07) is 12.9. The lowest BCUT2D eigenvalue weighted by molar-refractivity contribution is -0.128. The number of ether oxygens (including phenoxy) is 1. The van der Waals surface area contributed by atoms with Crippen molar-refractivity contribution in [2.24, 2.45) is 0 Å². The van der Waals surface area contributed by atoms with Gasteiger partial charge in [0.2, 0.25) is 0 Å². The number of hydrogen-bond donors (Lipinski definition) is 1. The van der Waals surface area contributed by atoms with E-state index in [1.807, 2.05) is 24.3 Å². The summed E-state index contributed by atoms with van der Waals surface area (Å²) < 4.78 is 5.36. The standard InChI is InChI=1S/C20H17Cl2N3O2/c21-15-4-3-5-16(22)13(15)12-14(20(26)25-8-10-27-11-9-25)19-23-17-6-1-2-7-18(17)24-19/h1-7,12H,8-11H2,(H,23,24)/b14-12+. The zero-order chi connectivity index (χ0) is 18.8. The number of rotatable bonds is 3. The quantitative estimate of drug-likeness (QED) is 0.666. The Morgan fingerprint density at radius 1 is 1.07 bits per heavy atom. The van der Waals surface area contributed by atoms with Crippen LogP contribution in [0.25, 0.3) is 22.7 Å². The second kappa shape index (κ2) is 7.72. The van der Waals surface area contributed by atoms with Gasteiger partial charge in [-0.25, -0.2) is 4.98 Å². The number of H-pyrrole nitrogens is 1. The molecule has 1 fully saturated rings. The molecule has 138 valence electrons. The van der Waals surface area contributed by atoms with Crippen LogP contribution in [0, 0.1) is 0 Å². The summed E-state index contributed by atoms with van der Waals surface area (Å²) in [5.41, 5.74) is 2.66. The van der Waals surface area contributed by atoms with Gasteiger partial charge in [-0.1, -0.05) is 41.4 Å². The predicted octanol–water partition coefficient (Wildman–Crippen LogP) is 4.27. The molecule has 2 heterocycles. The molecule has 5 nitrogen and oxygen atoms in total. The van der Waals surface area contributed by atoms with Gasteiger partial charge >= 0.3 is 0 Å². The fourth-order valence-electron chi connectivity index (χ4n) is 3.04. The highest BCUT2D eigenvalue weighted by atomic mass is 35.5. The van der Waals surface area contributed by atoms with E-state index >= 15 is 0 Å². The third kappa shape index (κ3) is 3.72. The van der Waals surface area contributed by atoms with E-state index in [0.29, 0.717) is 53.3 Å². The van der Waals surface area contributed by atoms with Crippen LogP contribution in [0.1, 0.15) is 11.4 Å². The van der Waals surface area contributed by atoms with Crippen molar-refractivity contribution in [1.82, 2.24) is 14.9 Å². The summed E-state index contributed by atoms with van der Waals surface area (Å²) >= 11 is 12.7. The number of imidazole rings is 1. The molecule has 7 heteroatoms. The van der Waals surface area contributed by atoms with Crippen molar-refractivity contribution in [1.29, 1.82) is 0 Å². The van der Waals surface area contributed by atoms with Crippen molar-refractivity contribution in [3.8, 4) is 0 Å². The Balaban J connectivity index is 1.84. The van der Waals surface area contributed by atoms with E-state index in [2.05, 4.69) is 9.97 Å². The monoisotopic (exact) mass is 401 g/mol. The highest BCUT2D eigenvalue weighted by Crippen LogP contribution is 2.30. The maximum absolute atomic E-state index is 13.3. The lowest BCUT2D eigenvalue weighted by Gasteiger charge is -2.27. The zero-order valence-electron chi connectivity index (χ0n) is 14.4. The Morgan fingerprint density at radius 3 is 2.48 bits per heavy atom. The maximum atomic E-state index is 13.3. The first-order valence-corrected chi connectivity index (χ1v) is 9.37. The van der Waals surface area contributed by atoms with Crippen molar-refractivity contribution in [2.45, 2.75) is 0 Å². The molecule has 0 unspecified atom stereocenters. The number of nitrogens with zero attached hydrogens (tertiary/aromatic N) is 2. The van der Waals surface area contributed by atoms with Gasteiger partial charge in [0.05, 0.1) is 29.8 Å². The Hall–Kier alpha value is -2.34. The fraction of sp³-hybridized carbons (Fsp3) is 0.200. The van der Waals surface area contributed by atoms with Crippen molar-refractivity contribution in [3.63, 3.8) is 0 Å². The molecular formula is C20H17Cl2N3O2. The van der Waals surface area contributed by atoms with E-state index in [1.165, 1.54) is 0 Å². The molecule has 0 spiro atoms. The first-order chi connectivity index (χ1) is 13.1. The van der Waals surface area contributed by atoms with Crippen molar-refractivity contribution in [2.75, 3.05) is 26.3 Å². The number of nitrogens with one attached hydrogen (secondary N) is 1. The van der Waals surface area contributed by atoms with E-state index in [0.717, 1.165) is 11.0 Å². The summed E-state index contributed by atoms with van der Waals surface area (Å²) in [6.45, 7) is 2.11. The predicted molar refractivity (Wildman–Crippen MR) is 108 cm³/mol. The molecule has 1 aromatic heterocycles. The average molecular weight is 402 g/mol. The van der Waals surface area contributed by atoms with E-state index in [-0.39, 0.29) is 5.91 Å². The van der Waals surface area contributed by atoms with E-state index in [4.69, 9.17) is 27.9 Å². The number of amides is 1. The molecule has 0 atom stereocenters. The Morgan fingerprint density at radius 2 is 1.78 bits per heavy atom. The first-order valence-electron chi connectivity index (χ1n) is 8.61. The molecule has 4 rings (SSSR count). The zero-order valence-corrected chi connectivity index (χ0v) is 15.9. The Labute approximate surface area is 166 Å².